The Labute approximate surface area is 76.7 Å². The van der Waals surface area contributed by atoms with Gasteiger partial charge < -0.3 is 0 Å². The maximum absolute atomic E-state index is 2.47. The molecule has 0 heteroatoms. The molecule has 0 heterocycles. The summed E-state index contributed by atoms with van der Waals surface area (Å²) in [6, 6.07) is 0. The molecular weight excluding hydrogens is 144 g/mol. The summed E-state index contributed by atoms with van der Waals surface area (Å²) in [5.41, 5.74) is 0.869. The molecule has 0 nitrogen and oxygen atoms in total. The fourth-order valence-electron chi connectivity index (χ4n) is 3.29. The van der Waals surface area contributed by atoms with Crippen LogP contribution < -0.4 is 0 Å². The third kappa shape index (κ3) is 1.30. The molecule has 2 fully saturated rings. The highest BCUT2D eigenvalue weighted by atomic mass is 14.6. The van der Waals surface area contributed by atoms with Crippen molar-refractivity contribution in [2.45, 2.75) is 58.8 Å². The van der Waals surface area contributed by atoms with Crippen molar-refractivity contribution in [3.63, 3.8) is 0 Å². The molecule has 2 saturated carbocycles. The molecular formula is C12H22. The minimum absolute atomic E-state index is 0.869. The molecule has 1 spiro atoms. The quantitative estimate of drug-likeness (QED) is 0.581. The van der Waals surface area contributed by atoms with Crippen molar-refractivity contribution in [3.8, 4) is 0 Å². The van der Waals surface area contributed by atoms with E-state index in [1.165, 1.54) is 25.7 Å². The van der Waals surface area contributed by atoms with Crippen molar-refractivity contribution in [1.82, 2.24) is 0 Å². The van der Waals surface area contributed by atoms with Crippen molar-refractivity contribution >= 4 is 0 Å². The monoisotopic (exact) mass is 166 g/mol. The highest BCUT2D eigenvalue weighted by molar-refractivity contribution is 5.01. The Bertz CT molecular complexity index is 155. The SMILES string of the molecule is CCC(C)C1CCCCC12CC2. The van der Waals surface area contributed by atoms with Crippen LogP contribution in [0.3, 0.4) is 0 Å². The average Bonchev–Trinajstić information content (AvgIpc) is 2.85. The van der Waals surface area contributed by atoms with Crippen LogP contribution in [0.2, 0.25) is 0 Å². The molecule has 12 heavy (non-hydrogen) atoms. The predicted octanol–water partition coefficient (Wildman–Crippen LogP) is 4.00. The summed E-state index contributed by atoms with van der Waals surface area (Å²) in [6.07, 6.45) is 10.6. The molecule has 2 aliphatic rings. The molecule has 0 N–H and O–H groups in total. The van der Waals surface area contributed by atoms with E-state index in [2.05, 4.69) is 13.8 Å². The molecule has 0 saturated heterocycles. The summed E-state index contributed by atoms with van der Waals surface area (Å²) < 4.78 is 0. The lowest BCUT2D eigenvalue weighted by atomic mass is 9.70. The molecule has 2 atom stereocenters. The van der Waals surface area contributed by atoms with Gasteiger partial charge in [-0.25, -0.2) is 0 Å². The molecule has 0 amide bonds. The van der Waals surface area contributed by atoms with Gasteiger partial charge in [-0.05, 0) is 42.9 Å². The Kier molecular flexibility index (Phi) is 2.18. The van der Waals surface area contributed by atoms with Crippen LogP contribution in [-0.2, 0) is 0 Å². The lowest BCUT2D eigenvalue weighted by molar-refractivity contribution is 0.146. The molecule has 0 aromatic heterocycles. The van der Waals surface area contributed by atoms with E-state index in [0.717, 1.165) is 17.3 Å². The zero-order chi connectivity index (χ0) is 8.60. The summed E-state index contributed by atoms with van der Waals surface area (Å²) >= 11 is 0. The summed E-state index contributed by atoms with van der Waals surface area (Å²) in [5.74, 6) is 2.09. The smallest absolute Gasteiger partial charge is 0.0266 e. The molecule has 0 bridgehead atoms. The first kappa shape index (κ1) is 8.59. The van der Waals surface area contributed by atoms with Gasteiger partial charge in [0.05, 0.1) is 0 Å². The summed E-state index contributed by atoms with van der Waals surface area (Å²) in [7, 11) is 0. The van der Waals surface area contributed by atoms with E-state index >= 15 is 0 Å². The second-order valence-corrected chi connectivity index (χ2v) is 5.10. The molecule has 0 aromatic rings. The zero-order valence-corrected chi connectivity index (χ0v) is 8.60. The molecule has 70 valence electrons. The van der Waals surface area contributed by atoms with Gasteiger partial charge in [-0.15, -0.1) is 0 Å². The number of hydrogen-bond donors (Lipinski definition) is 0. The van der Waals surface area contributed by atoms with Gasteiger partial charge in [-0.1, -0.05) is 33.1 Å². The van der Waals surface area contributed by atoms with Gasteiger partial charge >= 0.3 is 0 Å². The molecule has 0 aliphatic heterocycles. The number of hydrogen-bond acceptors (Lipinski definition) is 0. The van der Waals surface area contributed by atoms with E-state index < -0.39 is 0 Å². The third-order valence-electron chi connectivity index (χ3n) is 4.45. The minimum Gasteiger partial charge on any atom is -0.0651 e. The standard InChI is InChI=1S/C12H22/c1-3-10(2)11-6-4-5-7-12(11)8-9-12/h10-11H,3-9H2,1-2H3. The molecule has 2 aliphatic carbocycles. The normalized spacial score (nSPS) is 35.0. The number of rotatable bonds is 2. The Hall–Kier alpha value is 0. The van der Waals surface area contributed by atoms with Gasteiger partial charge in [-0.2, -0.15) is 0 Å². The van der Waals surface area contributed by atoms with Gasteiger partial charge in [0.15, 0.2) is 0 Å². The van der Waals surface area contributed by atoms with Crippen LogP contribution in [-0.4, -0.2) is 0 Å². The fourth-order valence-corrected chi connectivity index (χ4v) is 3.29. The molecule has 0 aromatic carbocycles. The van der Waals surface area contributed by atoms with Crippen LogP contribution in [0.4, 0.5) is 0 Å². The Balaban J connectivity index is 2.01. The lowest BCUT2D eigenvalue weighted by Gasteiger charge is -2.35. The van der Waals surface area contributed by atoms with Crippen molar-refractivity contribution < 1.29 is 0 Å². The predicted molar refractivity (Wildman–Crippen MR) is 53.1 cm³/mol. The summed E-state index contributed by atoms with van der Waals surface area (Å²) in [6.45, 7) is 4.82. The minimum atomic E-state index is 0.869. The second kappa shape index (κ2) is 3.05. The maximum atomic E-state index is 2.47. The van der Waals surface area contributed by atoms with E-state index in [-0.39, 0.29) is 0 Å². The Morgan fingerprint density at radius 1 is 1.25 bits per heavy atom. The van der Waals surface area contributed by atoms with Gasteiger partial charge in [-0.3, -0.25) is 0 Å². The van der Waals surface area contributed by atoms with E-state index in [4.69, 9.17) is 0 Å². The van der Waals surface area contributed by atoms with E-state index in [0.29, 0.717) is 0 Å². The molecule has 2 rings (SSSR count). The fraction of sp³-hybridized carbons (Fsp3) is 1.00. The maximum Gasteiger partial charge on any atom is -0.0266 e. The van der Waals surface area contributed by atoms with Crippen LogP contribution in [0.5, 0.6) is 0 Å². The van der Waals surface area contributed by atoms with Gasteiger partial charge in [0.2, 0.25) is 0 Å². The van der Waals surface area contributed by atoms with Crippen molar-refractivity contribution in [1.29, 1.82) is 0 Å². The summed E-state index contributed by atoms with van der Waals surface area (Å²) in [4.78, 5) is 0. The first-order valence-electron chi connectivity index (χ1n) is 5.78. The van der Waals surface area contributed by atoms with E-state index in [1.807, 2.05) is 0 Å². The lowest BCUT2D eigenvalue weighted by Crippen LogP contribution is -2.26. The van der Waals surface area contributed by atoms with E-state index in [9.17, 15) is 0 Å². The first-order chi connectivity index (χ1) is 5.78. The summed E-state index contributed by atoms with van der Waals surface area (Å²) in [5, 5.41) is 0. The van der Waals surface area contributed by atoms with Crippen LogP contribution in [0.25, 0.3) is 0 Å². The van der Waals surface area contributed by atoms with Crippen LogP contribution in [0, 0.1) is 17.3 Å². The van der Waals surface area contributed by atoms with Crippen molar-refractivity contribution in [3.05, 3.63) is 0 Å². The Morgan fingerprint density at radius 2 is 2.00 bits per heavy atom. The third-order valence-corrected chi connectivity index (χ3v) is 4.45. The van der Waals surface area contributed by atoms with Crippen molar-refractivity contribution in [2.75, 3.05) is 0 Å². The van der Waals surface area contributed by atoms with Gasteiger partial charge in [0.25, 0.3) is 0 Å². The topological polar surface area (TPSA) is 0 Å². The van der Waals surface area contributed by atoms with Crippen molar-refractivity contribution in [2.24, 2.45) is 17.3 Å². The van der Waals surface area contributed by atoms with Gasteiger partial charge in [0, 0.05) is 0 Å². The van der Waals surface area contributed by atoms with Gasteiger partial charge in [0.1, 0.15) is 0 Å². The second-order valence-electron chi connectivity index (χ2n) is 5.10. The first-order valence-corrected chi connectivity index (χ1v) is 5.78. The highest BCUT2D eigenvalue weighted by Crippen LogP contribution is 2.61. The average molecular weight is 166 g/mol. The van der Waals surface area contributed by atoms with E-state index in [1.54, 1.807) is 19.3 Å². The molecule has 2 unspecified atom stereocenters. The van der Waals surface area contributed by atoms with Crippen LogP contribution >= 0.6 is 0 Å². The Morgan fingerprint density at radius 3 is 2.58 bits per heavy atom. The van der Waals surface area contributed by atoms with Crippen LogP contribution in [0.1, 0.15) is 58.8 Å². The highest BCUT2D eigenvalue weighted by Gasteiger charge is 2.50. The largest absolute Gasteiger partial charge is 0.0651 e. The molecule has 0 radical (unpaired) electrons. The zero-order valence-electron chi connectivity index (χ0n) is 8.60. The van der Waals surface area contributed by atoms with Crippen LogP contribution in [0.15, 0.2) is 0 Å².